The zero-order chi connectivity index (χ0) is 37.2. The van der Waals surface area contributed by atoms with Crippen molar-refractivity contribution in [3.63, 3.8) is 0 Å². The summed E-state index contributed by atoms with van der Waals surface area (Å²) >= 11 is 6.44. The van der Waals surface area contributed by atoms with Crippen molar-refractivity contribution in [1.29, 1.82) is 0 Å². The maximum Gasteiger partial charge on any atom is 0.534 e. The van der Waals surface area contributed by atoms with Crippen LogP contribution in [0.25, 0.3) is 32.7 Å². The lowest BCUT2D eigenvalue weighted by Crippen LogP contribution is -2.29. The molecule has 0 atom stereocenters. The van der Waals surface area contributed by atoms with E-state index in [2.05, 4.69) is 23.3 Å². The molecular weight excluding hydrogens is 738 g/mol. The number of thiol groups is 2. The number of halogens is 3. The second-order valence-corrected chi connectivity index (χ2v) is 13.3. The number of benzene rings is 7. The van der Waals surface area contributed by atoms with Crippen molar-refractivity contribution in [3.8, 4) is 5.75 Å². The van der Waals surface area contributed by atoms with Crippen LogP contribution in [-0.4, -0.2) is 13.9 Å². The van der Waals surface area contributed by atoms with Gasteiger partial charge in [0.25, 0.3) is 0 Å². The van der Waals surface area contributed by atoms with Crippen molar-refractivity contribution in [2.24, 2.45) is 0 Å². The Kier molecular flexibility index (Phi) is 10.0. The molecule has 0 aliphatic rings. The Morgan fingerprint density at radius 2 is 1.09 bits per heavy atom. The molecule has 8 aromatic rings. The largest absolute Gasteiger partial charge is 0.534 e. The molecule has 0 unspecified atom stereocenters. The normalized spacial score (nSPS) is 11.6. The van der Waals surface area contributed by atoms with Crippen molar-refractivity contribution in [2.45, 2.75) is 5.51 Å². The Morgan fingerprint density at radius 3 is 1.79 bits per heavy atom. The van der Waals surface area contributed by atoms with E-state index in [0.717, 1.165) is 21.5 Å². The van der Waals surface area contributed by atoms with E-state index in [9.17, 15) is 21.6 Å². The highest BCUT2D eigenvalue weighted by atomic mass is 33.1. The third kappa shape index (κ3) is 7.00. The summed E-state index contributed by atoms with van der Waals surface area (Å²) in [4.78, 5) is 3.57. The van der Waals surface area contributed by atoms with Gasteiger partial charge in [0.05, 0.1) is 5.69 Å². The first-order valence-corrected chi connectivity index (χ1v) is 19.1. The van der Waals surface area contributed by atoms with Crippen molar-refractivity contribution >= 4 is 100 Å². The maximum absolute atomic E-state index is 14.0. The summed E-state index contributed by atoms with van der Waals surface area (Å²) < 4.78 is 78.5. The molecule has 6 nitrogen and oxygen atoms in total. The molecule has 8 rings (SSSR count). The number of para-hydroxylation sites is 4. The van der Waals surface area contributed by atoms with Gasteiger partial charge in [-0.1, -0.05) is 91.0 Å². The van der Waals surface area contributed by atoms with Crippen molar-refractivity contribution in [1.82, 2.24) is 0 Å². The van der Waals surface area contributed by atoms with Gasteiger partial charge in [-0.25, -0.2) is 0 Å². The monoisotopic (exact) mass is 766 g/mol. The van der Waals surface area contributed by atoms with Crippen LogP contribution in [-0.2, 0) is 10.1 Å². The SMILES string of the molecule is O=S(=O)(Oc1cccc(N(c2ccccc2)c2ccc3oc4ccccc4c3c2)c1N(c1ccccc1)c1ccc2ccccc2c1)C(F)(F)F.SS. The molecule has 1 aromatic heterocycles. The standard InChI is InChI=1S/C41H27F3N2O4S.H2S2/c42-41(43,44)51(47,48)50-39-21-11-19-36(40(39)46(31-16-5-2-6-17-31)32-23-22-28-12-7-8-13-29(28)26-32)45(30-14-3-1-4-15-30)33-24-25-38-35(27-33)34-18-9-10-20-37(34)49-38;1-2/h1-27H;1-2H. The summed E-state index contributed by atoms with van der Waals surface area (Å²) in [6.07, 6.45) is 0. The predicted molar refractivity (Wildman–Crippen MR) is 214 cm³/mol. The van der Waals surface area contributed by atoms with Crippen LogP contribution in [0.15, 0.2) is 168 Å². The van der Waals surface area contributed by atoms with Gasteiger partial charge < -0.3 is 18.4 Å². The average Bonchev–Trinajstić information content (AvgIpc) is 3.55. The minimum atomic E-state index is -6.08. The van der Waals surface area contributed by atoms with Crippen LogP contribution >= 0.6 is 23.3 Å². The van der Waals surface area contributed by atoms with Gasteiger partial charge in [-0.05, 0) is 83.6 Å². The molecule has 1 heterocycles. The number of rotatable bonds is 8. The lowest BCUT2D eigenvalue weighted by molar-refractivity contribution is -0.0499. The smallest absolute Gasteiger partial charge is 0.456 e. The van der Waals surface area contributed by atoms with Gasteiger partial charge in [-0.2, -0.15) is 21.6 Å². The van der Waals surface area contributed by atoms with E-state index in [-0.39, 0.29) is 5.69 Å². The Bertz CT molecular complexity index is 2650. The van der Waals surface area contributed by atoms with Gasteiger partial charge in [0, 0.05) is 33.5 Å². The van der Waals surface area contributed by atoms with Gasteiger partial charge in [0.2, 0.25) is 0 Å². The summed E-state index contributed by atoms with van der Waals surface area (Å²) in [5.41, 5.74) is -1.48. The summed E-state index contributed by atoms with van der Waals surface area (Å²) in [6, 6.07) is 49.3. The third-order valence-electron chi connectivity index (χ3n) is 8.56. The topological polar surface area (TPSA) is 63.0 Å². The molecule has 266 valence electrons. The van der Waals surface area contributed by atoms with Crippen LogP contribution in [0.3, 0.4) is 0 Å². The number of hydrogen-bond donors (Lipinski definition) is 2. The molecule has 0 N–H and O–H groups in total. The summed E-state index contributed by atoms with van der Waals surface area (Å²) in [5.74, 6) is -0.516. The fourth-order valence-electron chi connectivity index (χ4n) is 6.31. The zero-order valence-corrected chi connectivity index (χ0v) is 30.2. The van der Waals surface area contributed by atoms with E-state index in [1.54, 1.807) is 35.2 Å². The first-order chi connectivity index (χ1) is 25.7. The molecule has 7 aromatic carbocycles. The first kappa shape index (κ1) is 35.8. The number of fused-ring (bicyclic) bond motifs is 4. The number of furan rings is 1. The van der Waals surface area contributed by atoms with Crippen LogP contribution in [0.5, 0.6) is 5.75 Å². The number of alkyl halides is 3. The average molecular weight is 767 g/mol. The van der Waals surface area contributed by atoms with E-state index < -0.39 is 21.4 Å². The second kappa shape index (κ2) is 14.8. The molecule has 0 amide bonds. The quantitative estimate of drug-likeness (QED) is 0.0695. The molecule has 0 aliphatic carbocycles. The summed E-state index contributed by atoms with van der Waals surface area (Å²) in [5, 5.41) is 3.53. The van der Waals surface area contributed by atoms with E-state index in [4.69, 9.17) is 8.60 Å². The highest BCUT2D eigenvalue weighted by Gasteiger charge is 2.49. The van der Waals surface area contributed by atoms with Crippen LogP contribution in [0.2, 0.25) is 0 Å². The van der Waals surface area contributed by atoms with Crippen LogP contribution in [0.4, 0.5) is 47.3 Å². The first-order valence-electron chi connectivity index (χ1n) is 16.1. The maximum atomic E-state index is 14.0. The van der Waals surface area contributed by atoms with Crippen LogP contribution in [0.1, 0.15) is 0 Å². The molecule has 0 radical (unpaired) electrons. The molecule has 0 bridgehead atoms. The van der Waals surface area contributed by atoms with E-state index in [0.29, 0.717) is 39.6 Å². The second-order valence-electron chi connectivity index (χ2n) is 11.8. The number of anilines is 6. The highest BCUT2D eigenvalue weighted by Crippen LogP contribution is 2.51. The predicted octanol–water partition coefficient (Wildman–Crippen LogP) is 12.7. The molecule has 53 heavy (non-hydrogen) atoms. The van der Waals surface area contributed by atoms with E-state index >= 15 is 0 Å². The minimum absolute atomic E-state index is 0.0628. The fraction of sp³-hybridized carbons (Fsp3) is 0.0244. The van der Waals surface area contributed by atoms with Gasteiger partial charge in [0.15, 0.2) is 5.75 Å². The van der Waals surface area contributed by atoms with Crippen molar-refractivity contribution in [2.75, 3.05) is 9.80 Å². The minimum Gasteiger partial charge on any atom is -0.456 e. The zero-order valence-electron chi connectivity index (χ0n) is 27.6. The third-order valence-corrected chi connectivity index (χ3v) is 9.53. The molecule has 12 heteroatoms. The molecule has 0 saturated carbocycles. The Labute approximate surface area is 314 Å². The molecular formula is C41H29F3N2O4S3. The van der Waals surface area contributed by atoms with Crippen molar-refractivity contribution < 1.29 is 30.2 Å². The highest BCUT2D eigenvalue weighted by molar-refractivity contribution is 8.59. The summed E-state index contributed by atoms with van der Waals surface area (Å²) in [7, 11) is -6.08. The van der Waals surface area contributed by atoms with Crippen molar-refractivity contribution in [3.05, 3.63) is 164 Å². The molecule has 0 fully saturated rings. The Hall–Kier alpha value is -5.56. The van der Waals surface area contributed by atoms with Gasteiger partial charge >= 0.3 is 15.6 Å². The lowest BCUT2D eigenvalue weighted by atomic mass is 10.1. The van der Waals surface area contributed by atoms with E-state index in [1.807, 2.05) is 126 Å². The Balaban J connectivity index is 0.00000214. The van der Waals surface area contributed by atoms with Gasteiger partial charge in [-0.15, -0.1) is 23.3 Å². The molecule has 0 spiro atoms. The van der Waals surface area contributed by atoms with Gasteiger partial charge in [0.1, 0.15) is 16.9 Å². The van der Waals surface area contributed by atoms with Crippen LogP contribution < -0.4 is 14.0 Å². The number of hydrogen-bond acceptors (Lipinski definition) is 8. The van der Waals surface area contributed by atoms with Crippen LogP contribution in [0, 0.1) is 0 Å². The molecule has 0 aliphatic heterocycles. The summed E-state index contributed by atoms with van der Waals surface area (Å²) in [6.45, 7) is 0. The lowest BCUT2D eigenvalue weighted by Gasteiger charge is -2.34. The fourth-order valence-corrected chi connectivity index (χ4v) is 6.77. The molecule has 0 saturated heterocycles. The van der Waals surface area contributed by atoms with Gasteiger partial charge in [-0.3, -0.25) is 0 Å². The number of nitrogens with zero attached hydrogens (tertiary/aromatic N) is 2. The van der Waals surface area contributed by atoms with E-state index in [1.165, 1.54) is 12.1 Å². The Morgan fingerprint density at radius 1 is 0.528 bits per heavy atom.